The van der Waals surface area contributed by atoms with E-state index in [1.54, 1.807) is 0 Å². The van der Waals surface area contributed by atoms with E-state index in [4.69, 9.17) is 0 Å². The first-order chi connectivity index (χ1) is 16.8. The molecule has 160 valence electrons. The zero-order chi connectivity index (χ0) is 22.5. The maximum Gasteiger partial charge on any atom is 0.0458 e. The van der Waals surface area contributed by atoms with Crippen molar-refractivity contribution in [2.24, 2.45) is 0 Å². The topological polar surface area (TPSA) is 12.0 Å². The molecule has 1 nitrogen and oxygen atoms in total. The van der Waals surface area contributed by atoms with Gasteiger partial charge in [-0.1, -0.05) is 78.9 Å². The molecule has 2 heterocycles. The van der Waals surface area contributed by atoms with Gasteiger partial charge in [-0.15, -0.1) is 11.3 Å². The van der Waals surface area contributed by atoms with Gasteiger partial charge in [0.1, 0.15) is 0 Å². The Balaban J connectivity index is 1.29. The molecule has 0 unspecified atom stereocenters. The number of nitrogens with one attached hydrogen (secondary N) is 1. The van der Waals surface area contributed by atoms with Crippen LogP contribution in [-0.4, -0.2) is 0 Å². The summed E-state index contributed by atoms with van der Waals surface area (Å²) < 4.78 is 2.68. The highest BCUT2D eigenvalue weighted by atomic mass is 32.1. The first-order valence-corrected chi connectivity index (χ1v) is 12.3. The Morgan fingerprint density at radius 3 is 2.06 bits per heavy atom. The van der Waals surface area contributed by atoms with Crippen molar-refractivity contribution in [3.63, 3.8) is 0 Å². The molecule has 0 spiro atoms. The summed E-state index contributed by atoms with van der Waals surface area (Å²) in [5.74, 6) is 0. The average molecular weight is 452 g/mol. The zero-order valence-electron chi connectivity index (χ0n) is 18.5. The SMILES string of the molecule is C1=Cc2cc(-c3cccc(-c4ccc5sc6ccccc6c5c4)c3)ccc2Nc2ccccc21. The van der Waals surface area contributed by atoms with Crippen molar-refractivity contribution >= 4 is 55.0 Å². The second kappa shape index (κ2) is 7.72. The Kier molecular flexibility index (Phi) is 4.39. The molecule has 0 amide bonds. The monoisotopic (exact) mass is 451 g/mol. The normalized spacial score (nSPS) is 12.2. The van der Waals surface area contributed by atoms with Gasteiger partial charge in [-0.2, -0.15) is 0 Å². The molecule has 7 rings (SSSR count). The van der Waals surface area contributed by atoms with E-state index >= 15 is 0 Å². The lowest BCUT2D eigenvalue weighted by Gasteiger charge is -2.12. The van der Waals surface area contributed by atoms with Crippen LogP contribution in [0.15, 0.2) is 109 Å². The van der Waals surface area contributed by atoms with Crippen LogP contribution in [0, 0.1) is 0 Å². The molecule has 0 fully saturated rings. The van der Waals surface area contributed by atoms with E-state index in [1.165, 1.54) is 53.6 Å². The third-order valence-corrected chi connectivity index (χ3v) is 7.78. The molecule has 0 aliphatic carbocycles. The molecule has 5 aromatic carbocycles. The predicted octanol–water partition coefficient (Wildman–Crippen LogP) is 9.62. The maximum absolute atomic E-state index is 3.59. The van der Waals surface area contributed by atoms with Crippen LogP contribution >= 0.6 is 11.3 Å². The van der Waals surface area contributed by atoms with Gasteiger partial charge in [0.05, 0.1) is 0 Å². The number of anilines is 2. The number of benzene rings is 5. The molecule has 0 atom stereocenters. The van der Waals surface area contributed by atoms with Crippen molar-refractivity contribution in [2.45, 2.75) is 0 Å². The second-order valence-corrected chi connectivity index (χ2v) is 9.82. The summed E-state index contributed by atoms with van der Waals surface area (Å²) in [6.07, 6.45) is 4.39. The van der Waals surface area contributed by atoms with Gasteiger partial charge in [-0.25, -0.2) is 0 Å². The van der Waals surface area contributed by atoms with Crippen LogP contribution in [0.2, 0.25) is 0 Å². The van der Waals surface area contributed by atoms with E-state index in [2.05, 4.69) is 127 Å². The average Bonchev–Trinajstić information content (AvgIpc) is 3.16. The van der Waals surface area contributed by atoms with E-state index in [0.717, 1.165) is 11.4 Å². The minimum absolute atomic E-state index is 1.14. The minimum Gasteiger partial charge on any atom is -0.355 e. The van der Waals surface area contributed by atoms with Crippen LogP contribution in [0.4, 0.5) is 11.4 Å². The van der Waals surface area contributed by atoms with Crippen molar-refractivity contribution in [1.82, 2.24) is 0 Å². The molecule has 6 aromatic rings. The summed E-state index contributed by atoms with van der Waals surface area (Å²) in [5, 5.41) is 6.26. The highest BCUT2D eigenvalue weighted by molar-refractivity contribution is 7.25. The Morgan fingerprint density at radius 1 is 0.441 bits per heavy atom. The first-order valence-electron chi connectivity index (χ1n) is 11.5. The Morgan fingerprint density at radius 2 is 1.12 bits per heavy atom. The van der Waals surface area contributed by atoms with Crippen LogP contribution in [0.5, 0.6) is 0 Å². The first kappa shape index (κ1) is 19.3. The lowest BCUT2D eigenvalue weighted by Crippen LogP contribution is -1.93. The molecule has 1 aromatic heterocycles. The molecule has 1 aliphatic heterocycles. The fourth-order valence-electron chi connectivity index (χ4n) is 4.86. The van der Waals surface area contributed by atoms with Crippen LogP contribution in [0.1, 0.15) is 11.1 Å². The molecule has 2 heteroatoms. The highest BCUT2D eigenvalue weighted by Gasteiger charge is 2.11. The molecular weight excluding hydrogens is 430 g/mol. The molecule has 0 saturated carbocycles. The second-order valence-electron chi connectivity index (χ2n) is 8.74. The van der Waals surface area contributed by atoms with E-state index in [1.807, 2.05) is 11.3 Å². The van der Waals surface area contributed by atoms with Gasteiger partial charge in [0.25, 0.3) is 0 Å². The minimum atomic E-state index is 1.14. The van der Waals surface area contributed by atoms with Crippen LogP contribution in [0.25, 0.3) is 54.6 Å². The molecular formula is C32H21NS. The summed E-state index contributed by atoms with van der Waals surface area (Å²) in [5.41, 5.74) is 9.63. The van der Waals surface area contributed by atoms with Crippen molar-refractivity contribution in [3.05, 3.63) is 120 Å². The number of hydrogen-bond donors (Lipinski definition) is 1. The summed E-state index contributed by atoms with van der Waals surface area (Å²) in [4.78, 5) is 0. The van der Waals surface area contributed by atoms with E-state index in [9.17, 15) is 0 Å². The molecule has 1 aliphatic rings. The number of thiophene rings is 1. The van der Waals surface area contributed by atoms with Crippen molar-refractivity contribution in [3.8, 4) is 22.3 Å². The highest BCUT2D eigenvalue weighted by Crippen LogP contribution is 2.38. The molecule has 1 N–H and O–H groups in total. The standard InChI is InChI=1S/C32H21NS/c1-3-10-29-21(6-1)12-13-26-19-24(14-16-30(26)33-29)22-7-5-8-23(18-22)25-15-17-32-28(20-25)27-9-2-4-11-31(27)34-32/h1-20,33H. The predicted molar refractivity (Wildman–Crippen MR) is 149 cm³/mol. The van der Waals surface area contributed by atoms with Crippen molar-refractivity contribution < 1.29 is 0 Å². The van der Waals surface area contributed by atoms with E-state index in [-0.39, 0.29) is 0 Å². The number of rotatable bonds is 2. The third kappa shape index (κ3) is 3.23. The van der Waals surface area contributed by atoms with Crippen LogP contribution in [-0.2, 0) is 0 Å². The largest absolute Gasteiger partial charge is 0.355 e. The fourth-order valence-corrected chi connectivity index (χ4v) is 5.95. The van der Waals surface area contributed by atoms with Gasteiger partial charge in [-0.05, 0) is 75.8 Å². The molecule has 34 heavy (non-hydrogen) atoms. The van der Waals surface area contributed by atoms with Gasteiger partial charge in [0.2, 0.25) is 0 Å². The summed E-state index contributed by atoms with van der Waals surface area (Å²) in [6, 6.07) is 39.5. The summed E-state index contributed by atoms with van der Waals surface area (Å²) in [7, 11) is 0. The number of hydrogen-bond acceptors (Lipinski definition) is 2. The number of fused-ring (bicyclic) bond motifs is 5. The van der Waals surface area contributed by atoms with Gasteiger partial charge in [-0.3, -0.25) is 0 Å². The van der Waals surface area contributed by atoms with Gasteiger partial charge >= 0.3 is 0 Å². The van der Waals surface area contributed by atoms with E-state index in [0.29, 0.717) is 0 Å². The Hall–Kier alpha value is -4.14. The summed E-state index contributed by atoms with van der Waals surface area (Å²) in [6.45, 7) is 0. The Labute approximate surface area is 202 Å². The smallest absolute Gasteiger partial charge is 0.0458 e. The lowest BCUT2D eigenvalue weighted by molar-refractivity contribution is 1.52. The zero-order valence-corrected chi connectivity index (χ0v) is 19.3. The molecule has 0 bridgehead atoms. The fraction of sp³-hybridized carbons (Fsp3) is 0. The van der Waals surface area contributed by atoms with Crippen LogP contribution < -0.4 is 5.32 Å². The van der Waals surface area contributed by atoms with Gasteiger partial charge in [0, 0.05) is 31.5 Å². The lowest BCUT2D eigenvalue weighted by atomic mass is 9.96. The molecule has 0 saturated heterocycles. The summed E-state index contributed by atoms with van der Waals surface area (Å²) >= 11 is 1.86. The van der Waals surface area contributed by atoms with Crippen molar-refractivity contribution in [2.75, 3.05) is 5.32 Å². The van der Waals surface area contributed by atoms with Crippen LogP contribution in [0.3, 0.4) is 0 Å². The van der Waals surface area contributed by atoms with Gasteiger partial charge in [0.15, 0.2) is 0 Å². The van der Waals surface area contributed by atoms with Gasteiger partial charge < -0.3 is 5.32 Å². The quantitative estimate of drug-likeness (QED) is 0.276. The maximum atomic E-state index is 3.59. The Bertz CT molecular complexity index is 1740. The van der Waals surface area contributed by atoms with Crippen molar-refractivity contribution in [1.29, 1.82) is 0 Å². The van der Waals surface area contributed by atoms with E-state index < -0.39 is 0 Å². The number of para-hydroxylation sites is 1. The third-order valence-electron chi connectivity index (χ3n) is 6.63. The molecule has 0 radical (unpaired) electrons.